The summed E-state index contributed by atoms with van der Waals surface area (Å²) in [5.74, 6) is 0.650. The second kappa shape index (κ2) is 8.52. The Morgan fingerprint density at radius 1 is 1.29 bits per heavy atom. The van der Waals surface area contributed by atoms with Crippen LogP contribution in [0.3, 0.4) is 0 Å². The molecule has 0 spiro atoms. The van der Waals surface area contributed by atoms with Crippen LogP contribution in [0.4, 0.5) is 10.5 Å². The van der Waals surface area contributed by atoms with Gasteiger partial charge in [0, 0.05) is 13.2 Å². The van der Waals surface area contributed by atoms with Gasteiger partial charge in [-0.05, 0) is 31.4 Å². The van der Waals surface area contributed by atoms with Crippen LogP contribution in [0.25, 0.3) is 0 Å². The molecule has 21 heavy (non-hydrogen) atoms. The highest BCUT2D eigenvalue weighted by Gasteiger charge is 2.14. The summed E-state index contributed by atoms with van der Waals surface area (Å²) in [4.78, 5) is 11.8. The third kappa shape index (κ3) is 5.27. The third-order valence-corrected chi connectivity index (χ3v) is 3.62. The number of nitrogens with one attached hydrogen (secondary N) is 2. The van der Waals surface area contributed by atoms with E-state index < -0.39 is 0 Å². The Morgan fingerprint density at radius 2 is 2.05 bits per heavy atom. The summed E-state index contributed by atoms with van der Waals surface area (Å²) in [5.41, 5.74) is 0.666. The molecule has 0 bridgehead atoms. The van der Waals surface area contributed by atoms with Crippen molar-refractivity contribution in [1.29, 1.82) is 0 Å². The summed E-state index contributed by atoms with van der Waals surface area (Å²) in [6.45, 7) is 1.31. The molecule has 0 unspecified atom stereocenters. The molecule has 0 atom stereocenters. The van der Waals surface area contributed by atoms with E-state index in [-0.39, 0.29) is 6.03 Å². The van der Waals surface area contributed by atoms with Crippen molar-refractivity contribution >= 4 is 11.7 Å². The van der Waals surface area contributed by atoms with Gasteiger partial charge in [0.15, 0.2) is 0 Å². The number of urea groups is 1. The number of ether oxygens (including phenoxy) is 2. The molecule has 1 fully saturated rings. The normalized spacial score (nSPS) is 14.9. The minimum absolute atomic E-state index is 0.222. The zero-order valence-corrected chi connectivity index (χ0v) is 12.6. The molecule has 116 valence electrons. The Hall–Kier alpha value is -1.75. The molecule has 0 heterocycles. The average Bonchev–Trinajstić information content (AvgIpc) is 3.01. The van der Waals surface area contributed by atoms with E-state index in [2.05, 4.69) is 10.6 Å². The van der Waals surface area contributed by atoms with Gasteiger partial charge in [-0.3, -0.25) is 0 Å². The molecule has 0 aliphatic heterocycles. The number of hydrogen-bond donors (Lipinski definition) is 2. The van der Waals surface area contributed by atoms with E-state index in [1.807, 2.05) is 24.3 Å². The summed E-state index contributed by atoms with van der Waals surface area (Å²) >= 11 is 0. The summed E-state index contributed by atoms with van der Waals surface area (Å²) in [5, 5.41) is 5.60. The van der Waals surface area contributed by atoms with E-state index in [0.29, 0.717) is 30.7 Å². The van der Waals surface area contributed by atoms with E-state index in [9.17, 15) is 4.79 Å². The van der Waals surface area contributed by atoms with E-state index in [1.54, 1.807) is 7.11 Å². The van der Waals surface area contributed by atoms with Crippen LogP contribution in [0.5, 0.6) is 5.75 Å². The zero-order valence-electron chi connectivity index (χ0n) is 12.6. The van der Waals surface area contributed by atoms with Crippen LogP contribution in [0.2, 0.25) is 0 Å². The molecular weight excluding hydrogens is 268 g/mol. The maximum Gasteiger partial charge on any atom is 0.319 e. The van der Waals surface area contributed by atoms with Gasteiger partial charge in [0.05, 0.1) is 18.9 Å². The first-order valence-electron chi connectivity index (χ1n) is 7.59. The highest BCUT2D eigenvalue weighted by Crippen LogP contribution is 2.22. The summed E-state index contributed by atoms with van der Waals surface area (Å²) in [6, 6.07) is 7.11. The van der Waals surface area contributed by atoms with E-state index in [4.69, 9.17) is 9.47 Å². The van der Waals surface area contributed by atoms with Gasteiger partial charge in [-0.2, -0.15) is 0 Å². The lowest BCUT2D eigenvalue weighted by Gasteiger charge is -2.12. The van der Waals surface area contributed by atoms with Crippen molar-refractivity contribution in [3.05, 3.63) is 24.3 Å². The molecule has 1 aliphatic carbocycles. The van der Waals surface area contributed by atoms with Crippen molar-refractivity contribution < 1.29 is 14.3 Å². The van der Waals surface area contributed by atoms with E-state index >= 15 is 0 Å². The summed E-state index contributed by atoms with van der Waals surface area (Å²) < 4.78 is 10.9. The van der Waals surface area contributed by atoms with Crippen molar-refractivity contribution in [3.8, 4) is 5.75 Å². The molecule has 0 saturated heterocycles. The van der Waals surface area contributed by atoms with E-state index in [1.165, 1.54) is 25.7 Å². The molecule has 1 saturated carbocycles. The molecule has 0 radical (unpaired) electrons. The van der Waals surface area contributed by atoms with Crippen molar-refractivity contribution in [1.82, 2.24) is 5.32 Å². The van der Waals surface area contributed by atoms with Gasteiger partial charge >= 0.3 is 6.03 Å². The largest absolute Gasteiger partial charge is 0.495 e. The highest BCUT2D eigenvalue weighted by atomic mass is 16.5. The second-order valence-corrected chi connectivity index (χ2v) is 5.21. The summed E-state index contributed by atoms with van der Waals surface area (Å²) in [7, 11) is 1.58. The third-order valence-electron chi connectivity index (χ3n) is 3.62. The fraction of sp³-hybridized carbons (Fsp3) is 0.562. The molecule has 2 amide bonds. The molecule has 1 aliphatic rings. The quantitative estimate of drug-likeness (QED) is 0.759. The van der Waals surface area contributed by atoms with Gasteiger partial charge in [0.25, 0.3) is 0 Å². The lowest BCUT2D eigenvalue weighted by atomic mass is 10.3. The highest BCUT2D eigenvalue weighted by molar-refractivity contribution is 5.90. The van der Waals surface area contributed by atoms with Gasteiger partial charge in [0.1, 0.15) is 5.75 Å². The molecule has 0 aromatic heterocycles. The van der Waals surface area contributed by atoms with Crippen LogP contribution in [-0.4, -0.2) is 32.4 Å². The van der Waals surface area contributed by atoms with Gasteiger partial charge in [0.2, 0.25) is 0 Å². The van der Waals surface area contributed by atoms with Crippen LogP contribution in [0, 0.1) is 0 Å². The maximum absolute atomic E-state index is 11.8. The average molecular weight is 292 g/mol. The molecule has 1 aromatic rings. The summed E-state index contributed by atoms with van der Waals surface area (Å²) in [6.07, 6.45) is 6.20. The minimum Gasteiger partial charge on any atom is -0.495 e. The first-order chi connectivity index (χ1) is 10.3. The van der Waals surface area contributed by atoms with E-state index in [0.717, 1.165) is 6.42 Å². The topological polar surface area (TPSA) is 59.6 Å². The smallest absolute Gasteiger partial charge is 0.319 e. The predicted octanol–water partition coefficient (Wildman–Crippen LogP) is 3.17. The number of para-hydroxylation sites is 2. The lowest BCUT2D eigenvalue weighted by Crippen LogP contribution is -2.30. The standard InChI is InChI=1S/C16H24N2O3/c1-20-15-10-5-4-9-14(15)18-16(19)17-11-6-12-21-13-7-2-3-8-13/h4-5,9-10,13H,2-3,6-8,11-12H2,1H3,(H2,17,18,19). The number of rotatable bonds is 7. The van der Waals surface area contributed by atoms with Gasteiger partial charge in [-0.25, -0.2) is 4.79 Å². The Bertz CT molecular complexity index is 445. The first-order valence-corrected chi connectivity index (χ1v) is 7.59. The Labute approximate surface area is 126 Å². The van der Waals surface area contributed by atoms with Crippen LogP contribution < -0.4 is 15.4 Å². The van der Waals surface area contributed by atoms with Crippen molar-refractivity contribution in [2.24, 2.45) is 0 Å². The van der Waals surface area contributed by atoms with Crippen molar-refractivity contribution in [2.75, 3.05) is 25.6 Å². The molecule has 5 heteroatoms. The number of carbonyl (C=O) groups is 1. The number of anilines is 1. The van der Waals surface area contributed by atoms with Crippen LogP contribution in [0.1, 0.15) is 32.1 Å². The Morgan fingerprint density at radius 3 is 2.81 bits per heavy atom. The number of hydrogen-bond acceptors (Lipinski definition) is 3. The lowest BCUT2D eigenvalue weighted by molar-refractivity contribution is 0.0572. The SMILES string of the molecule is COc1ccccc1NC(=O)NCCCOC1CCCC1. The number of amides is 2. The van der Waals surface area contributed by atoms with Crippen LogP contribution >= 0.6 is 0 Å². The first kappa shape index (κ1) is 15.6. The zero-order chi connectivity index (χ0) is 14.9. The molecular formula is C16H24N2O3. The van der Waals surface area contributed by atoms with Gasteiger partial charge in [-0.15, -0.1) is 0 Å². The number of carbonyl (C=O) groups excluding carboxylic acids is 1. The van der Waals surface area contributed by atoms with Gasteiger partial charge in [-0.1, -0.05) is 25.0 Å². The predicted molar refractivity (Wildman–Crippen MR) is 82.8 cm³/mol. The number of benzene rings is 1. The van der Waals surface area contributed by atoms with Crippen molar-refractivity contribution in [3.63, 3.8) is 0 Å². The van der Waals surface area contributed by atoms with Crippen LogP contribution in [-0.2, 0) is 4.74 Å². The molecule has 1 aromatic carbocycles. The Balaban J connectivity index is 1.61. The molecule has 2 rings (SSSR count). The van der Waals surface area contributed by atoms with Crippen molar-refractivity contribution in [2.45, 2.75) is 38.2 Å². The second-order valence-electron chi connectivity index (χ2n) is 5.21. The maximum atomic E-state index is 11.8. The monoisotopic (exact) mass is 292 g/mol. The minimum atomic E-state index is -0.222. The Kier molecular flexibility index (Phi) is 6.34. The van der Waals surface area contributed by atoms with Crippen LogP contribution in [0.15, 0.2) is 24.3 Å². The fourth-order valence-electron chi connectivity index (χ4n) is 2.49. The molecule has 5 nitrogen and oxygen atoms in total. The molecule has 2 N–H and O–H groups in total. The number of methoxy groups -OCH3 is 1. The van der Waals surface area contributed by atoms with Gasteiger partial charge < -0.3 is 20.1 Å². The fourth-order valence-corrected chi connectivity index (χ4v) is 2.49.